The second-order valence-electron chi connectivity index (χ2n) is 5.88. The maximum atomic E-state index is 3.54. The Labute approximate surface area is 116 Å². The highest BCUT2D eigenvalue weighted by Gasteiger charge is 2.15. The lowest BCUT2D eigenvalue weighted by Crippen LogP contribution is -2.44. The van der Waals surface area contributed by atoms with Crippen molar-refractivity contribution in [2.75, 3.05) is 51.6 Å². The topological polar surface area (TPSA) is 18.5 Å². The molecule has 0 radical (unpaired) electrons. The number of nitrogens with zero attached hydrogens (tertiary/aromatic N) is 2. The van der Waals surface area contributed by atoms with E-state index in [1.807, 2.05) is 0 Å². The first-order valence-electron chi connectivity index (χ1n) is 7.58. The zero-order valence-corrected chi connectivity index (χ0v) is 12.0. The van der Waals surface area contributed by atoms with Gasteiger partial charge in [-0.1, -0.05) is 18.2 Å². The van der Waals surface area contributed by atoms with Crippen LogP contribution in [0.4, 0.5) is 5.69 Å². The molecule has 1 saturated heterocycles. The van der Waals surface area contributed by atoms with Crippen molar-refractivity contribution in [3.63, 3.8) is 0 Å². The van der Waals surface area contributed by atoms with Gasteiger partial charge >= 0.3 is 0 Å². The molecule has 0 atom stereocenters. The summed E-state index contributed by atoms with van der Waals surface area (Å²) in [6, 6.07) is 6.78. The number of anilines is 1. The highest BCUT2D eigenvalue weighted by molar-refractivity contribution is 5.61. The highest BCUT2D eigenvalue weighted by Crippen LogP contribution is 2.27. The van der Waals surface area contributed by atoms with Crippen molar-refractivity contribution in [1.82, 2.24) is 9.80 Å². The Morgan fingerprint density at radius 3 is 2.84 bits per heavy atom. The summed E-state index contributed by atoms with van der Waals surface area (Å²) in [7, 11) is 2.22. The Balaban J connectivity index is 1.49. The minimum Gasteiger partial charge on any atom is -0.384 e. The van der Waals surface area contributed by atoms with E-state index in [4.69, 9.17) is 0 Å². The second-order valence-corrected chi connectivity index (χ2v) is 5.88. The molecular weight excluding hydrogens is 234 g/mol. The predicted molar refractivity (Wildman–Crippen MR) is 80.9 cm³/mol. The molecule has 3 nitrogen and oxygen atoms in total. The van der Waals surface area contributed by atoms with Gasteiger partial charge in [-0.25, -0.2) is 0 Å². The lowest BCUT2D eigenvalue weighted by atomic mass is 10.0. The second kappa shape index (κ2) is 5.93. The van der Waals surface area contributed by atoms with Crippen LogP contribution in [0.25, 0.3) is 0 Å². The number of piperazine rings is 1. The number of benzene rings is 1. The number of rotatable bonds is 4. The van der Waals surface area contributed by atoms with Crippen LogP contribution in [0.1, 0.15) is 17.5 Å². The smallest absolute Gasteiger partial charge is 0.0406 e. The molecule has 1 N–H and O–H groups in total. The lowest BCUT2D eigenvalue weighted by molar-refractivity contribution is 0.153. The molecule has 1 aromatic rings. The normalized spacial score (nSPS) is 20.3. The van der Waals surface area contributed by atoms with Crippen LogP contribution in [0, 0.1) is 0 Å². The molecule has 1 aromatic carbocycles. The fraction of sp³-hybridized carbons (Fsp3) is 0.625. The maximum absolute atomic E-state index is 3.54. The van der Waals surface area contributed by atoms with Crippen molar-refractivity contribution in [3.8, 4) is 0 Å². The van der Waals surface area contributed by atoms with E-state index >= 15 is 0 Å². The van der Waals surface area contributed by atoms with Crippen LogP contribution in [-0.2, 0) is 12.8 Å². The van der Waals surface area contributed by atoms with Gasteiger partial charge in [-0.15, -0.1) is 0 Å². The summed E-state index contributed by atoms with van der Waals surface area (Å²) in [6.45, 7) is 7.29. The molecule has 1 fully saturated rings. The van der Waals surface area contributed by atoms with Crippen molar-refractivity contribution in [1.29, 1.82) is 0 Å². The van der Waals surface area contributed by atoms with E-state index in [1.54, 1.807) is 0 Å². The Hall–Kier alpha value is -1.06. The Bertz CT molecular complexity index is 422. The first-order valence-corrected chi connectivity index (χ1v) is 7.58. The lowest BCUT2D eigenvalue weighted by Gasteiger charge is -2.32. The predicted octanol–water partition coefficient (Wildman–Crippen LogP) is 1.83. The summed E-state index contributed by atoms with van der Waals surface area (Å²) >= 11 is 0. The molecule has 2 aliphatic rings. The van der Waals surface area contributed by atoms with Crippen LogP contribution in [0.5, 0.6) is 0 Å². The molecule has 0 aliphatic carbocycles. The number of aryl methyl sites for hydroxylation is 1. The zero-order valence-electron chi connectivity index (χ0n) is 12.0. The van der Waals surface area contributed by atoms with Crippen LogP contribution >= 0.6 is 0 Å². The highest BCUT2D eigenvalue weighted by atomic mass is 15.2. The number of para-hydroxylation sites is 1. The van der Waals surface area contributed by atoms with Gasteiger partial charge in [0, 0.05) is 38.4 Å². The summed E-state index contributed by atoms with van der Waals surface area (Å²) in [5, 5.41) is 3.54. The molecule has 19 heavy (non-hydrogen) atoms. The van der Waals surface area contributed by atoms with Crippen LogP contribution in [0.3, 0.4) is 0 Å². The van der Waals surface area contributed by atoms with E-state index in [-0.39, 0.29) is 0 Å². The third-order valence-corrected chi connectivity index (χ3v) is 4.45. The Morgan fingerprint density at radius 2 is 2.00 bits per heavy atom. The minimum atomic E-state index is 1.12. The molecule has 2 aliphatic heterocycles. The maximum Gasteiger partial charge on any atom is 0.0406 e. The monoisotopic (exact) mass is 259 g/mol. The summed E-state index contributed by atoms with van der Waals surface area (Å²) in [5.74, 6) is 0. The van der Waals surface area contributed by atoms with Crippen molar-refractivity contribution in [2.24, 2.45) is 0 Å². The number of nitrogens with one attached hydrogen (secondary N) is 1. The first kappa shape index (κ1) is 12.9. The third-order valence-electron chi connectivity index (χ3n) is 4.45. The van der Waals surface area contributed by atoms with Crippen LogP contribution in [-0.4, -0.2) is 56.1 Å². The largest absolute Gasteiger partial charge is 0.384 e. The van der Waals surface area contributed by atoms with Crippen LogP contribution < -0.4 is 5.32 Å². The molecule has 0 bridgehead atoms. The first-order chi connectivity index (χ1) is 9.33. The van der Waals surface area contributed by atoms with E-state index in [0.29, 0.717) is 0 Å². The Kier molecular flexibility index (Phi) is 4.04. The number of likely N-dealkylation sites (N-methyl/N-ethyl adjacent to an activating group) is 1. The van der Waals surface area contributed by atoms with Crippen LogP contribution in [0.15, 0.2) is 18.2 Å². The van der Waals surface area contributed by atoms with Crippen molar-refractivity contribution in [3.05, 3.63) is 29.3 Å². The molecule has 0 spiro atoms. The molecular formula is C16H25N3. The van der Waals surface area contributed by atoms with Gasteiger partial charge in [0.25, 0.3) is 0 Å². The summed E-state index contributed by atoms with van der Waals surface area (Å²) in [6.07, 6.45) is 3.69. The summed E-state index contributed by atoms with van der Waals surface area (Å²) in [4.78, 5) is 5.03. The molecule has 0 unspecified atom stereocenters. The van der Waals surface area contributed by atoms with E-state index in [1.165, 1.54) is 68.8 Å². The van der Waals surface area contributed by atoms with Gasteiger partial charge in [0.15, 0.2) is 0 Å². The molecule has 104 valence electrons. The number of hydrogen-bond donors (Lipinski definition) is 1. The van der Waals surface area contributed by atoms with E-state index in [0.717, 1.165) is 6.54 Å². The number of hydrogen-bond acceptors (Lipinski definition) is 3. The average molecular weight is 259 g/mol. The standard InChI is InChI=1S/C16H25N3/c1-18-10-12-19(13-11-18)9-3-6-14-4-2-5-15-7-8-17-16(14)15/h2,4-5,17H,3,6-13H2,1H3. The van der Waals surface area contributed by atoms with Crippen LogP contribution in [0.2, 0.25) is 0 Å². The number of fused-ring (bicyclic) bond motifs is 1. The van der Waals surface area contributed by atoms with Crippen molar-refractivity contribution >= 4 is 5.69 Å². The molecule has 3 rings (SSSR count). The van der Waals surface area contributed by atoms with E-state index in [2.05, 4.69) is 40.4 Å². The summed E-state index contributed by atoms with van der Waals surface area (Å²) < 4.78 is 0. The molecule has 0 amide bonds. The van der Waals surface area contributed by atoms with E-state index in [9.17, 15) is 0 Å². The third kappa shape index (κ3) is 3.10. The van der Waals surface area contributed by atoms with Gasteiger partial charge in [-0.05, 0) is 44.0 Å². The fourth-order valence-corrected chi connectivity index (χ4v) is 3.18. The van der Waals surface area contributed by atoms with Gasteiger partial charge in [-0.2, -0.15) is 0 Å². The minimum absolute atomic E-state index is 1.12. The van der Waals surface area contributed by atoms with Gasteiger partial charge in [-0.3, -0.25) is 0 Å². The average Bonchev–Trinajstić information content (AvgIpc) is 2.90. The molecule has 0 aromatic heterocycles. The van der Waals surface area contributed by atoms with Gasteiger partial charge < -0.3 is 15.1 Å². The SMILES string of the molecule is CN1CCN(CCCc2cccc3c2NCC3)CC1. The van der Waals surface area contributed by atoms with E-state index < -0.39 is 0 Å². The molecule has 3 heteroatoms. The molecule has 2 heterocycles. The zero-order chi connectivity index (χ0) is 13.1. The van der Waals surface area contributed by atoms with Gasteiger partial charge in [0.2, 0.25) is 0 Å². The van der Waals surface area contributed by atoms with Gasteiger partial charge in [0.05, 0.1) is 0 Å². The van der Waals surface area contributed by atoms with Crippen molar-refractivity contribution in [2.45, 2.75) is 19.3 Å². The fourth-order valence-electron chi connectivity index (χ4n) is 3.18. The Morgan fingerprint density at radius 1 is 1.16 bits per heavy atom. The molecule has 0 saturated carbocycles. The summed E-state index contributed by atoms with van der Waals surface area (Å²) in [5.41, 5.74) is 4.46. The van der Waals surface area contributed by atoms with Crippen molar-refractivity contribution < 1.29 is 0 Å². The quantitative estimate of drug-likeness (QED) is 0.890. The van der Waals surface area contributed by atoms with Gasteiger partial charge in [0.1, 0.15) is 0 Å².